The fourth-order valence-corrected chi connectivity index (χ4v) is 4.52. The molecule has 29 heavy (non-hydrogen) atoms. The Balaban J connectivity index is 1.70. The van der Waals surface area contributed by atoms with E-state index >= 15 is 0 Å². The van der Waals surface area contributed by atoms with E-state index < -0.39 is 0 Å². The average Bonchev–Trinajstić information content (AvgIpc) is 3.38. The Morgan fingerprint density at radius 3 is 2.41 bits per heavy atom. The number of benzene rings is 2. The van der Waals surface area contributed by atoms with Crippen LogP contribution in [0.2, 0.25) is 10.0 Å². The van der Waals surface area contributed by atoms with E-state index in [1.807, 2.05) is 66.1 Å². The summed E-state index contributed by atoms with van der Waals surface area (Å²) in [6.07, 6.45) is 1.61. The standard InChI is InChI=1S/C21H17Cl2N3O2S/c1-2-27-15-10-8-14(9-11-15)26-20(19-7-4-12-28-19)24-25-21(26)29-13-16-17(22)5-3-6-18(16)23/h3-12H,2,13H2,1H3. The minimum Gasteiger partial charge on any atom is -0.494 e. The van der Waals surface area contributed by atoms with E-state index in [0.29, 0.717) is 39.1 Å². The molecule has 2 aromatic heterocycles. The minimum absolute atomic E-state index is 0.561. The van der Waals surface area contributed by atoms with Crippen LogP contribution in [-0.2, 0) is 5.75 Å². The number of thioether (sulfide) groups is 1. The highest BCUT2D eigenvalue weighted by molar-refractivity contribution is 7.98. The molecule has 0 saturated heterocycles. The Morgan fingerprint density at radius 2 is 1.76 bits per heavy atom. The summed E-state index contributed by atoms with van der Waals surface area (Å²) in [5.41, 5.74) is 1.76. The summed E-state index contributed by atoms with van der Waals surface area (Å²) in [5.74, 6) is 2.62. The SMILES string of the molecule is CCOc1ccc(-n2c(SCc3c(Cl)cccc3Cl)nnc2-c2ccco2)cc1. The molecule has 0 bridgehead atoms. The zero-order valence-electron chi connectivity index (χ0n) is 15.5. The van der Waals surface area contributed by atoms with Crippen LogP contribution in [0.3, 0.4) is 0 Å². The van der Waals surface area contributed by atoms with Gasteiger partial charge in [-0.3, -0.25) is 4.57 Å². The van der Waals surface area contributed by atoms with Crippen molar-refractivity contribution in [3.63, 3.8) is 0 Å². The quantitative estimate of drug-likeness (QED) is 0.302. The highest BCUT2D eigenvalue weighted by Gasteiger charge is 2.19. The second-order valence-corrected chi connectivity index (χ2v) is 7.79. The van der Waals surface area contributed by atoms with E-state index in [9.17, 15) is 0 Å². The predicted molar refractivity (Wildman–Crippen MR) is 116 cm³/mol. The Kier molecular flexibility index (Phi) is 6.13. The largest absolute Gasteiger partial charge is 0.494 e. The zero-order valence-corrected chi connectivity index (χ0v) is 17.8. The maximum Gasteiger partial charge on any atom is 0.205 e. The summed E-state index contributed by atoms with van der Waals surface area (Å²) in [5, 5.41) is 10.7. The van der Waals surface area contributed by atoms with Crippen molar-refractivity contribution in [2.45, 2.75) is 17.8 Å². The molecule has 0 radical (unpaired) electrons. The Bertz CT molecular complexity index is 1080. The summed E-state index contributed by atoms with van der Waals surface area (Å²) in [7, 11) is 0. The number of nitrogens with zero attached hydrogens (tertiary/aromatic N) is 3. The van der Waals surface area contributed by atoms with E-state index in [-0.39, 0.29) is 0 Å². The fourth-order valence-electron chi connectivity index (χ4n) is 2.83. The summed E-state index contributed by atoms with van der Waals surface area (Å²) < 4.78 is 13.1. The number of hydrogen-bond donors (Lipinski definition) is 0. The lowest BCUT2D eigenvalue weighted by Crippen LogP contribution is -2.00. The second-order valence-electron chi connectivity index (χ2n) is 6.03. The monoisotopic (exact) mass is 445 g/mol. The number of halogens is 2. The van der Waals surface area contributed by atoms with Crippen molar-refractivity contribution in [2.75, 3.05) is 6.61 Å². The topological polar surface area (TPSA) is 53.1 Å². The van der Waals surface area contributed by atoms with Crippen molar-refractivity contribution >= 4 is 35.0 Å². The van der Waals surface area contributed by atoms with Crippen molar-refractivity contribution in [3.05, 3.63) is 76.5 Å². The van der Waals surface area contributed by atoms with Crippen molar-refractivity contribution in [2.24, 2.45) is 0 Å². The van der Waals surface area contributed by atoms with E-state index in [1.54, 1.807) is 6.26 Å². The first-order valence-corrected chi connectivity index (χ1v) is 10.7. The maximum absolute atomic E-state index is 6.32. The molecule has 0 atom stereocenters. The van der Waals surface area contributed by atoms with Crippen LogP contribution >= 0.6 is 35.0 Å². The van der Waals surface area contributed by atoms with Crippen LogP contribution in [-0.4, -0.2) is 21.4 Å². The Labute approximate surface area is 182 Å². The lowest BCUT2D eigenvalue weighted by Gasteiger charge is -2.11. The van der Waals surface area contributed by atoms with Crippen LogP contribution in [0.25, 0.3) is 17.3 Å². The fraction of sp³-hybridized carbons (Fsp3) is 0.143. The average molecular weight is 446 g/mol. The molecule has 4 rings (SSSR count). The lowest BCUT2D eigenvalue weighted by molar-refractivity contribution is 0.340. The molecular weight excluding hydrogens is 429 g/mol. The smallest absolute Gasteiger partial charge is 0.205 e. The Morgan fingerprint density at radius 1 is 1.00 bits per heavy atom. The molecule has 0 saturated carbocycles. The number of aromatic nitrogens is 3. The first-order chi connectivity index (χ1) is 14.2. The van der Waals surface area contributed by atoms with Gasteiger partial charge in [0.2, 0.25) is 5.82 Å². The minimum atomic E-state index is 0.561. The highest BCUT2D eigenvalue weighted by atomic mass is 35.5. The van der Waals surface area contributed by atoms with Crippen LogP contribution in [0.4, 0.5) is 0 Å². The summed E-state index contributed by atoms with van der Waals surface area (Å²) >= 11 is 14.1. The van der Waals surface area contributed by atoms with Gasteiger partial charge in [0.05, 0.1) is 18.6 Å². The molecular formula is C21H17Cl2N3O2S. The van der Waals surface area contributed by atoms with Gasteiger partial charge in [-0.15, -0.1) is 10.2 Å². The molecule has 0 aliphatic rings. The summed E-state index contributed by atoms with van der Waals surface area (Å²) in [6, 6.07) is 16.9. The number of hydrogen-bond acceptors (Lipinski definition) is 5. The van der Waals surface area contributed by atoms with Gasteiger partial charge in [0.25, 0.3) is 0 Å². The van der Waals surface area contributed by atoms with Gasteiger partial charge in [-0.1, -0.05) is 41.0 Å². The van der Waals surface area contributed by atoms with Crippen LogP contribution < -0.4 is 4.74 Å². The van der Waals surface area contributed by atoms with E-state index in [0.717, 1.165) is 17.0 Å². The van der Waals surface area contributed by atoms with Gasteiger partial charge < -0.3 is 9.15 Å². The van der Waals surface area contributed by atoms with Crippen LogP contribution in [0.1, 0.15) is 12.5 Å². The van der Waals surface area contributed by atoms with Crippen molar-refractivity contribution in [1.29, 1.82) is 0 Å². The van der Waals surface area contributed by atoms with Gasteiger partial charge in [-0.2, -0.15) is 0 Å². The van der Waals surface area contributed by atoms with Gasteiger partial charge in [0.1, 0.15) is 5.75 Å². The van der Waals surface area contributed by atoms with Gasteiger partial charge in [-0.25, -0.2) is 0 Å². The third-order valence-corrected chi connectivity index (χ3v) is 5.85. The Hall–Kier alpha value is -2.41. The number of rotatable bonds is 7. The molecule has 0 spiro atoms. The van der Waals surface area contributed by atoms with Crippen LogP contribution in [0, 0.1) is 0 Å². The molecule has 2 heterocycles. The molecule has 148 valence electrons. The molecule has 0 unspecified atom stereocenters. The third-order valence-electron chi connectivity index (χ3n) is 4.19. The molecule has 2 aromatic carbocycles. The predicted octanol–water partition coefficient (Wildman–Crippen LogP) is 6.53. The van der Waals surface area contributed by atoms with Crippen molar-refractivity contribution in [1.82, 2.24) is 14.8 Å². The van der Waals surface area contributed by atoms with Gasteiger partial charge in [-0.05, 0) is 61.0 Å². The molecule has 5 nitrogen and oxygen atoms in total. The number of ether oxygens (including phenoxy) is 1. The zero-order chi connectivity index (χ0) is 20.2. The summed E-state index contributed by atoms with van der Waals surface area (Å²) in [6.45, 7) is 2.57. The third kappa shape index (κ3) is 4.29. The molecule has 0 amide bonds. The molecule has 0 fully saturated rings. The van der Waals surface area contributed by atoms with E-state index in [1.165, 1.54) is 11.8 Å². The highest BCUT2D eigenvalue weighted by Crippen LogP contribution is 2.34. The molecule has 0 aliphatic carbocycles. The van der Waals surface area contributed by atoms with Crippen LogP contribution in [0.15, 0.2) is 70.4 Å². The first kappa shape index (κ1) is 19.9. The number of furan rings is 1. The lowest BCUT2D eigenvalue weighted by atomic mass is 10.2. The van der Waals surface area contributed by atoms with Gasteiger partial charge >= 0.3 is 0 Å². The summed E-state index contributed by atoms with van der Waals surface area (Å²) in [4.78, 5) is 0. The van der Waals surface area contributed by atoms with E-state index in [2.05, 4.69) is 10.2 Å². The van der Waals surface area contributed by atoms with Crippen molar-refractivity contribution < 1.29 is 9.15 Å². The normalized spacial score (nSPS) is 11.0. The molecule has 4 aromatic rings. The molecule has 0 aliphatic heterocycles. The molecule has 0 N–H and O–H groups in total. The van der Waals surface area contributed by atoms with Gasteiger partial charge in [0.15, 0.2) is 10.9 Å². The maximum atomic E-state index is 6.32. The first-order valence-electron chi connectivity index (χ1n) is 8.95. The van der Waals surface area contributed by atoms with Crippen LogP contribution in [0.5, 0.6) is 5.75 Å². The van der Waals surface area contributed by atoms with Crippen molar-refractivity contribution in [3.8, 4) is 23.0 Å². The van der Waals surface area contributed by atoms with E-state index in [4.69, 9.17) is 32.4 Å². The van der Waals surface area contributed by atoms with Gasteiger partial charge in [0, 0.05) is 15.8 Å². The molecule has 8 heteroatoms. The second kappa shape index (κ2) is 8.95.